The minimum Gasteiger partial charge on any atom is -0.354 e. The van der Waals surface area contributed by atoms with E-state index in [2.05, 4.69) is 10.6 Å². The van der Waals surface area contributed by atoms with Crippen LogP contribution < -0.4 is 10.6 Å². The standard InChI is InChI=1S/C16H16F2N2O2S/c1-10(20-16(22)14-3-2-6-23-14)15(21)19-5-4-11-7-12(17)9-13(18)8-11/h2-3,6-10H,4-5H2,1H3,(H,19,21)(H,20,22). The molecule has 0 spiro atoms. The molecule has 2 amide bonds. The Hall–Kier alpha value is -2.28. The molecular weight excluding hydrogens is 322 g/mol. The van der Waals surface area contributed by atoms with Gasteiger partial charge in [-0.25, -0.2) is 8.78 Å². The highest BCUT2D eigenvalue weighted by molar-refractivity contribution is 7.12. The lowest BCUT2D eigenvalue weighted by molar-refractivity contribution is -0.122. The summed E-state index contributed by atoms with van der Waals surface area (Å²) in [7, 11) is 0. The third-order valence-corrected chi connectivity index (χ3v) is 3.99. The van der Waals surface area contributed by atoms with Crippen LogP contribution in [0.2, 0.25) is 0 Å². The summed E-state index contributed by atoms with van der Waals surface area (Å²) in [6.45, 7) is 1.80. The Morgan fingerprint density at radius 1 is 1.22 bits per heavy atom. The van der Waals surface area contributed by atoms with E-state index in [4.69, 9.17) is 0 Å². The monoisotopic (exact) mass is 338 g/mol. The molecule has 0 aliphatic heterocycles. The molecule has 2 rings (SSSR count). The van der Waals surface area contributed by atoms with E-state index in [0.717, 1.165) is 6.07 Å². The van der Waals surface area contributed by atoms with Gasteiger partial charge in [-0.2, -0.15) is 0 Å². The van der Waals surface area contributed by atoms with E-state index < -0.39 is 17.7 Å². The summed E-state index contributed by atoms with van der Waals surface area (Å²) in [5.41, 5.74) is 0.457. The molecule has 0 saturated carbocycles. The van der Waals surface area contributed by atoms with Gasteiger partial charge in [-0.05, 0) is 42.5 Å². The smallest absolute Gasteiger partial charge is 0.261 e. The van der Waals surface area contributed by atoms with Gasteiger partial charge in [0, 0.05) is 12.6 Å². The highest BCUT2D eigenvalue weighted by atomic mass is 32.1. The molecule has 1 heterocycles. The number of nitrogens with one attached hydrogen (secondary N) is 2. The van der Waals surface area contributed by atoms with E-state index in [1.165, 1.54) is 23.5 Å². The van der Waals surface area contributed by atoms with Crippen molar-refractivity contribution in [2.45, 2.75) is 19.4 Å². The average Bonchev–Trinajstić information content (AvgIpc) is 3.00. The SMILES string of the molecule is CC(NC(=O)c1cccs1)C(=O)NCCc1cc(F)cc(F)c1. The second-order valence-corrected chi connectivity index (χ2v) is 5.94. The van der Waals surface area contributed by atoms with Crippen molar-refractivity contribution in [3.8, 4) is 0 Å². The number of rotatable bonds is 6. The summed E-state index contributed by atoms with van der Waals surface area (Å²) in [5, 5.41) is 6.99. The Kier molecular flexibility index (Phi) is 5.81. The molecule has 0 fully saturated rings. The van der Waals surface area contributed by atoms with Crippen molar-refractivity contribution in [1.82, 2.24) is 10.6 Å². The first-order valence-electron chi connectivity index (χ1n) is 7.03. The second kappa shape index (κ2) is 7.82. The fourth-order valence-corrected chi connectivity index (χ4v) is 2.61. The summed E-state index contributed by atoms with van der Waals surface area (Å²) in [4.78, 5) is 24.3. The van der Waals surface area contributed by atoms with Crippen LogP contribution in [0.15, 0.2) is 35.7 Å². The summed E-state index contributed by atoms with van der Waals surface area (Å²) in [6, 6.07) is 5.96. The van der Waals surface area contributed by atoms with Gasteiger partial charge in [0.25, 0.3) is 5.91 Å². The van der Waals surface area contributed by atoms with Crippen LogP contribution in [0.1, 0.15) is 22.2 Å². The largest absolute Gasteiger partial charge is 0.354 e. The van der Waals surface area contributed by atoms with Gasteiger partial charge in [0.2, 0.25) is 5.91 Å². The van der Waals surface area contributed by atoms with E-state index >= 15 is 0 Å². The van der Waals surface area contributed by atoms with Gasteiger partial charge in [0.15, 0.2) is 0 Å². The fourth-order valence-electron chi connectivity index (χ4n) is 1.98. The maximum absolute atomic E-state index is 13.0. The Morgan fingerprint density at radius 3 is 2.52 bits per heavy atom. The lowest BCUT2D eigenvalue weighted by Gasteiger charge is -2.13. The highest BCUT2D eigenvalue weighted by Crippen LogP contribution is 2.09. The van der Waals surface area contributed by atoms with Crippen molar-refractivity contribution >= 4 is 23.2 Å². The second-order valence-electron chi connectivity index (χ2n) is 4.99. The fraction of sp³-hybridized carbons (Fsp3) is 0.250. The molecule has 1 aromatic heterocycles. The molecule has 2 aromatic rings. The normalized spacial score (nSPS) is 11.8. The van der Waals surface area contributed by atoms with Crippen molar-refractivity contribution < 1.29 is 18.4 Å². The maximum Gasteiger partial charge on any atom is 0.261 e. The van der Waals surface area contributed by atoms with Crippen LogP contribution >= 0.6 is 11.3 Å². The highest BCUT2D eigenvalue weighted by Gasteiger charge is 2.16. The first-order chi connectivity index (χ1) is 11.0. The first kappa shape index (κ1) is 17.1. The quantitative estimate of drug-likeness (QED) is 0.850. The molecule has 1 aromatic carbocycles. The summed E-state index contributed by atoms with van der Waals surface area (Å²) in [6.07, 6.45) is 0.298. The average molecular weight is 338 g/mol. The molecule has 0 bridgehead atoms. The molecule has 0 radical (unpaired) electrons. The Balaban J connectivity index is 1.78. The van der Waals surface area contributed by atoms with Gasteiger partial charge in [0.1, 0.15) is 17.7 Å². The van der Waals surface area contributed by atoms with Gasteiger partial charge >= 0.3 is 0 Å². The molecule has 1 atom stereocenters. The van der Waals surface area contributed by atoms with Crippen LogP contribution in [-0.2, 0) is 11.2 Å². The summed E-state index contributed by atoms with van der Waals surface area (Å²) < 4.78 is 26.1. The minimum absolute atomic E-state index is 0.223. The lowest BCUT2D eigenvalue weighted by Crippen LogP contribution is -2.45. The zero-order valence-corrected chi connectivity index (χ0v) is 13.3. The van der Waals surface area contributed by atoms with Crippen LogP contribution in [0, 0.1) is 11.6 Å². The first-order valence-corrected chi connectivity index (χ1v) is 7.90. The van der Waals surface area contributed by atoms with Gasteiger partial charge in [0.05, 0.1) is 4.88 Å². The molecule has 2 N–H and O–H groups in total. The molecule has 23 heavy (non-hydrogen) atoms. The molecular formula is C16H16F2N2O2S. The molecule has 0 saturated heterocycles. The molecule has 1 unspecified atom stereocenters. The van der Waals surface area contributed by atoms with Crippen molar-refractivity contribution in [2.75, 3.05) is 6.54 Å². The third kappa shape index (κ3) is 5.14. The number of hydrogen-bond donors (Lipinski definition) is 2. The summed E-state index contributed by atoms with van der Waals surface area (Å²) >= 11 is 1.29. The number of thiophene rings is 1. The maximum atomic E-state index is 13.0. The van der Waals surface area contributed by atoms with Gasteiger partial charge in [-0.1, -0.05) is 6.07 Å². The molecule has 122 valence electrons. The number of hydrogen-bond acceptors (Lipinski definition) is 3. The van der Waals surface area contributed by atoms with Crippen molar-refractivity contribution in [3.05, 3.63) is 57.8 Å². The molecule has 7 heteroatoms. The van der Waals surface area contributed by atoms with Crippen LogP contribution in [0.25, 0.3) is 0 Å². The van der Waals surface area contributed by atoms with Gasteiger partial charge < -0.3 is 10.6 Å². The van der Waals surface area contributed by atoms with E-state index in [1.54, 1.807) is 24.4 Å². The Bertz CT molecular complexity index is 669. The third-order valence-electron chi connectivity index (χ3n) is 3.12. The van der Waals surface area contributed by atoms with E-state index in [0.29, 0.717) is 16.9 Å². The van der Waals surface area contributed by atoms with Crippen LogP contribution in [0.4, 0.5) is 8.78 Å². The number of carbonyl (C=O) groups is 2. The molecule has 0 aliphatic rings. The van der Waals surface area contributed by atoms with Crippen LogP contribution in [-0.4, -0.2) is 24.4 Å². The van der Waals surface area contributed by atoms with Gasteiger partial charge in [-0.3, -0.25) is 9.59 Å². The van der Waals surface area contributed by atoms with Crippen molar-refractivity contribution in [1.29, 1.82) is 0 Å². The minimum atomic E-state index is -0.700. The zero-order valence-electron chi connectivity index (χ0n) is 12.4. The molecule has 0 aliphatic carbocycles. The predicted molar refractivity (Wildman–Crippen MR) is 84.3 cm³/mol. The van der Waals surface area contributed by atoms with Crippen molar-refractivity contribution in [2.24, 2.45) is 0 Å². The van der Waals surface area contributed by atoms with E-state index in [-0.39, 0.29) is 18.4 Å². The van der Waals surface area contributed by atoms with Crippen LogP contribution in [0.3, 0.4) is 0 Å². The number of carbonyl (C=O) groups excluding carboxylic acids is 2. The molecule has 4 nitrogen and oxygen atoms in total. The predicted octanol–water partition coefficient (Wildman–Crippen LogP) is 2.50. The topological polar surface area (TPSA) is 58.2 Å². The number of halogens is 2. The van der Waals surface area contributed by atoms with E-state index in [1.807, 2.05) is 0 Å². The zero-order chi connectivity index (χ0) is 16.8. The Morgan fingerprint density at radius 2 is 1.91 bits per heavy atom. The van der Waals surface area contributed by atoms with Crippen LogP contribution in [0.5, 0.6) is 0 Å². The van der Waals surface area contributed by atoms with E-state index in [9.17, 15) is 18.4 Å². The van der Waals surface area contributed by atoms with Gasteiger partial charge in [-0.15, -0.1) is 11.3 Å². The number of amides is 2. The number of benzene rings is 1. The Labute approximate surface area is 136 Å². The van der Waals surface area contributed by atoms with Crippen molar-refractivity contribution in [3.63, 3.8) is 0 Å². The lowest BCUT2D eigenvalue weighted by atomic mass is 10.1. The summed E-state index contributed by atoms with van der Waals surface area (Å²) in [5.74, 6) is -1.97.